The minimum Gasteiger partial charge on any atom is -0.462 e. The van der Waals surface area contributed by atoms with Crippen LogP contribution in [0.5, 0.6) is 0 Å². The van der Waals surface area contributed by atoms with Gasteiger partial charge in [-0.15, -0.1) is 0 Å². The van der Waals surface area contributed by atoms with Crippen LogP contribution in [0.25, 0.3) is 0 Å². The Hall–Kier alpha value is -1.43. The van der Waals surface area contributed by atoms with E-state index in [1.807, 2.05) is 20.8 Å². The zero-order valence-corrected chi connectivity index (χ0v) is 9.61. The predicted molar refractivity (Wildman–Crippen MR) is 57.9 cm³/mol. The first kappa shape index (κ1) is 13.6. The Morgan fingerprint density at radius 3 is 2.27 bits per heavy atom. The number of hydrogen-bond acceptors (Lipinski definition) is 5. The average molecular weight is 231 g/mol. The van der Waals surface area contributed by atoms with Gasteiger partial charge in [0.25, 0.3) is 6.47 Å². The molecule has 0 aliphatic heterocycles. The van der Waals surface area contributed by atoms with E-state index in [9.17, 15) is 14.9 Å². The fraction of sp³-hybridized carbons (Fsp3) is 0.444. The van der Waals surface area contributed by atoms with Crippen molar-refractivity contribution in [3.8, 4) is 0 Å². The number of nitrogens with zero attached hydrogens (tertiary/aromatic N) is 1. The smallest absolute Gasteiger partial charge is 0.324 e. The highest BCUT2D eigenvalue weighted by Gasteiger charge is 2.07. The van der Waals surface area contributed by atoms with Gasteiger partial charge in [0.2, 0.25) is 0 Å². The zero-order chi connectivity index (χ0) is 11.9. The average Bonchev–Trinajstić information content (AvgIpc) is 2.53. The molecule has 6 heteroatoms. The largest absolute Gasteiger partial charge is 0.462 e. The van der Waals surface area contributed by atoms with Crippen LogP contribution in [0.4, 0.5) is 5.00 Å². The zero-order valence-electron chi connectivity index (χ0n) is 8.80. The molecule has 0 bridgehead atoms. The molecule has 0 spiro atoms. The van der Waals surface area contributed by atoms with Crippen LogP contribution in [0.1, 0.15) is 20.8 Å². The lowest BCUT2D eigenvalue weighted by atomic mass is 10.2. The molecule has 1 aromatic heterocycles. The lowest BCUT2D eigenvalue weighted by Crippen LogP contribution is -2.17. The summed E-state index contributed by atoms with van der Waals surface area (Å²) in [6, 6.07) is 3.13. The van der Waals surface area contributed by atoms with Crippen LogP contribution in [0.15, 0.2) is 17.5 Å². The molecule has 0 saturated carbocycles. The van der Waals surface area contributed by atoms with Gasteiger partial charge in [0.05, 0.1) is 4.92 Å². The van der Waals surface area contributed by atoms with Gasteiger partial charge in [0, 0.05) is 6.07 Å². The Bertz CT molecular complexity index is 302. The Labute approximate surface area is 91.8 Å². The van der Waals surface area contributed by atoms with E-state index >= 15 is 0 Å². The summed E-state index contributed by atoms with van der Waals surface area (Å²) in [6.07, 6.45) is 0. The van der Waals surface area contributed by atoms with E-state index in [2.05, 4.69) is 4.74 Å². The van der Waals surface area contributed by atoms with Gasteiger partial charge in [0.15, 0.2) is 0 Å². The summed E-state index contributed by atoms with van der Waals surface area (Å²) in [7, 11) is 0. The molecule has 0 atom stereocenters. The molecule has 1 rings (SSSR count). The maximum Gasteiger partial charge on any atom is 0.324 e. The molecule has 0 radical (unpaired) electrons. The van der Waals surface area contributed by atoms with E-state index in [0.717, 1.165) is 11.3 Å². The predicted octanol–water partition coefficient (Wildman–Crippen LogP) is 2.61. The minimum absolute atomic E-state index is 0.199. The number of carbonyl (C=O) groups excluding carboxylic acids is 1. The third-order valence-corrected chi connectivity index (χ3v) is 1.91. The van der Waals surface area contributed by atoms with Gasteiger partial charge in [-0.05, 0) is 32.2 Å². The van der Waals surface area contributed by atoms with Gasteiger partial charge < -0.3 is 4.74 Å². The van der Waals surface area contributed by atoms with Crippen LogP contribution in [-0.2, 0) is 9.53 Å². The second-order valence-electron chi connectivity index (χ2n) is 3.53. The molecule has 1 aromatic rings. The summed E-state index contributed by atoms with van der Waals surface area (Å²) < 4.78 is 4.55. The van der Waals surface area contributed by atoms with Crippen LogP contribution in [0, 0.1) is 10.1 Å². The van der Waals surface area contributed by atoms with Crippen LogP contribution in [0.2, 0.25) is 0 Å². The first-order chi connectivity index (χ1) is 6.87. The van der Waals surface area contributed by atoms with Crippen LogP contribution < -0.4 is 0 Å². The second-order valence-corrected chi connectivity index (χ2v) is 4.46. The first-order valence-electron chi connectivity index (χ1n) is 4.16. The van der Waals surface area contributed by atoms with E-state index in [0.29, 0.717) is 6.47 Å². The van der Waals surface area contributed by atoms with E-state index in [4.69, 9.17) is 0 Å². The molecule has 15 heavy (non-hydrogen) atoms. The fourth-order valence-electron chi connectivity index (χ4n) is 0.518. The van der Waals surface area contributed by atoms with Gasteiger partial charge in [-0.1, -0.05) is 11.3 Å². The van der Waals surface area contributed by atoms with Gasteiger partial charge >= 0.3 is 5.00 Å². The summed E-state index contributed by atoms with van der Waals surface area (Å²) in [4.78, 5) is 19.1. The van der Waals surface area contributed by atoms with Crippen molar-refractivity contribution in [2.45, 2.75) is 26.4 Å². The van der Waals surface area contributed by atoms with E-state index < -0.39 is 4.92 Å². The van der Waals surface area contributed by atoms with Crippen LogP contribution in [0.3, 0.4) is 0 Å². The Morgan fingerprint density at radius 2 is 2.13 bits per heavy atom. The SMILES string of the molecule is CC(C)(C)OC=O.O=[N+]([O-])c1cccs1. The molecule has 0 aliphatic carbocycles. The molecular weight excluding hydrogens is 218 g/mol. The molecule has 0 unspecified atom stereocenters. The van der Waals surface area contributed by atoms with E-state index in [1.165, 1.54) is 6.07 Å². The molecule has 0 saturated heterocycles. The molecule has 0 fully saturated rings. The maximum atomic E-state index is 9.88. The van der Waals surface area contributed by atoms with Crippen LogP contribution >= 0.6 is 11.3 Å². The van der Waals surface area contributed by atoms with Crippen LogP contribution in [-0.4, -0.2) is 17.0 Å². The third kappa shape index (κ3) is 7.63. The molecule has 0 amide bonds. The lowest BCUT2D eigenvalue weighted by Gasteiger charge is -2.14. The van der Waals surface area contributed by atoms with Gasteiger partial charge in [-0.3, -0.25) is 14.9 Å². The summed E-state index contributed by atoms with van der Waals surface area (Å²) in [6.45, 7) is 5.92. The summed E-state index contributed by atoms with van der Waals surface area (Å²) in [5, 5.41) is 11.8. The molecule has 0 N–H and O–H groups in total. The van der Waals surface area contributed by atoms with Gasteiger partial charge in [-0.25, -0.2) is 0 Å². The standard InChI is InChI=1S/C5H10O2.C4H3NO2S/c1-5(2,3)7-4-6;6-5(7)4-2-1-3-8-4/h4H,1-3H3;1-3H. The summed E-state index contributed by atoms with van der Waals surface area (Å²) in [5.41, 5.74) is -0.318. The topological polar surface area (TPSA) is 69.4 Å². The minimum atomic E-state index is -0.398. The second kappa shape index (κ2) is 6.13. The van der Waals surface area contributed by atoms with Crippen molar-refractivity contribution in [1.82, 2.24) is 0 Å². The number of nitro groups is 1. The Morgan fingerprint density at radius 1 is 1.53 bits per heavy atom. The van der Waals surface area contributed by atoms with Crippen molar-refractivity contribution in [3.05, 3.63) is 27.6 Å². The maximum absolute atomic E-state index is 9.88. The van der Waals surface area contributed by atoms with Gasteiger partial charge in [-0.2, -0.15) is 0 Å². The molecular formula is C9H13NO4S. The number of ether oxygens (including phenoxy) is 1. The van der Waals surface area contributed by atoms with E-state index in [1.54, 1.807) is 11.4 Å². The first-order valence-corrected chi connectivity index (χ1v) is 5.04. The summed E-state index contributed by atoms with van der Waals surface area (Å²) >= 11 is 1.13. The van der Waals surface area contributed by atoms with Crippen molar-refractivity contribution in [1.29, 1.82) is 0 Å². The highest BCUT2D eigenvalue weighted by molar-refractivity contribution is 7.13. The number of hydrogen-bond donors (Lipinski definition) is 0. The normalized spacial score (nSPS) is 9.80. The van der Waals surface area contributed by atoms with Crippen molar-refractivity contribution in [3.63, 3.8) is 0 Å². The highest BCUT2D eigenvalue weighted by atomic mass is 32.1. The van der Waals surface area contributed by atoms with E-state index in [-0.39, 0.29) is 10.6 Å². The number of thiophene rings is 1. The Kier molecular flexibility index (Phi) is 5.54. The van der Waals surface area contributed by atoms with Crippen molar-refractivity contribution < 1.29 is 14.5 Å². The van der Waals surface area contributed by atoms with Crippen molar-refractivity contribution in [2.24, 2.45) is 0 Å². The molecule has 0 aliphatic rings. The number of carbonyl (C=O) groups is 1. The van der Waals surface area contributed by atoms with Gasteiger partial charge in [0.1, 0.15) is 5.60 Å². The molecule has 5 nitrogen and oxygen atoms in total. The fourth-order valence-corrected chi connectivity index (χ4v) is 1.06. The quantitative estimate of drug-likeness (QED) is 0.445. The molecule has 1 heterocycles. The molecule has 84 valence electrons. The third-order valence-electron chi connectivity index (χ3n) is 1.09. The molecule has 0 aromatic carbocycles. The monoisotopic (exact) mass is 231 g/mol. The summed E-state index contributed by atoms with van der Waals surface area (Å²) in [5.74, 6) is 0. The lowest BCUT2D eigenvalue weighted by molar-refractivity contribution is -0.380. The Balaban J connectivity index is 0.000000265. The highest BCUT2D eigenvalue weighted by Crippen LogP contribution is 2.16. The van der Waals surface area contributed by atoms with Crippen molar-refractivity contribution >= 4 is 22.8 Å². The van der Waals surface area contributed by atoms with Crippen molar-refractivity contribution in [2.75, 3.05) is 0 Å². The number of rotatable bonds is 2.